The molecule has 0 heterocycles. The highest BCUT2D eigenvalue weighted by Crippen LogP contribution is 2.50. The van der Waals surface area contributed by atoms with Crippen molar-refractivity contribution in [1.82, 2.24) is 0 Å². The predicted octanol–water partition coefficient (Wildman–Crippen LogP) is 6.48. The first-order chi connectivity index (χ1) is 16.7. The molecule has 1 aromatic carbocycles. The van der Waals surface area contributed by atoms with Gasteiger partial charge in [0.2, 0.25) is 0 Å². The van der Waals surface area contributed by atoms with Crippen LogP contribution in [0.5, 0.6) is 5.75 Å². The Morgan fingerprint density at radius 1 is 1.09 bits per heavy atom. The number of rotatable bonds is 3. The maximum absolute atomic E-state index is 13.8. The van der Waals surface area contributed by atoms with Crippen molar-refractivity contribution in [1.29, 1.82) is 0 Å². The summed E-state index contributed by atoms with van der Waals surface area (Å²) in [5.74, 6) is -0.752. The zero-order chi connectivity index (χ0) is 25.0. The first-order valence-electron chi connectivity index (χ1n) is 12.9. The molecule has 0 amide bonds. The first-order valence-corrected chi connectivity index (χ1v) is 12.9. The Kier molecular flexibility index (Phi) is 6.03. The summed E-state index contributed by atoms with van der Waals surface area (Å²) in [4.78, 5) is 39.4. The Morgan fingerprint density at radius 2 is 1.86 bits per heavy atom. The van der Waals surface area contributed by atoms with Crippen molar-refractivity contribution in [2.24, 2.45) is 17.8 Å². The molecular weight excluding hydrogens is 436 g/mol. The molecule has 0 aromatic heterocycles. The van der Waals surface area contributed by atoms with Crippen LogP contribution in [-0.2, 0) is 16.0 Å². The summed E-state index contributed by atoms with van der Waals surface area (Å²) in [6.45, 7) is 7.37. The fraction of sp³-hybridized carbons (Fsp3) is 0.452. The number of ketones is 3. The Bertz CT molecular complexity index is 1280. The van der Waals surface area contributed by atoms with Gasteiger partial charge in [-0.3, -0.25) is 14.4 Å². The van der Waals surface area contributed by atoms with Crippen molar-refractivity contribution in [3.63, 3.8) is 0 Å². The highest BCUT2D eigenvalue weighted by molar-refractivity contribution is 6.22. The maximum Gasteiger partial charge on any atom is 0.193 e. The van der Waals surface area contributed by atoms with Gasteiger partial charge in [-0.25, -0.2) is 0 Å². The smallest absolute Gasteiger partial charge is 0.193 e. The van der Waals surface area contributed by atoms with Crippen LogP contribution in [0.3, 0.4) is 0 Å². The normalized spacial score (nSPS) is 26.8. The van der Waals surface area contributed by atoms with Crippen LogP contribution in [0.25, 0.3) is 6.08 Å². The topological polar surface area (TPSA) is 71.4 Å². The number of carbonyl (C=O) groups is 3. The molecule has 182 valence electrons. The van der Waals surface area contributed by atoms with Gasteiger partial charge in [-0.05, 0) is 113 Å². The SMILES string of the molecule is CC(=O)C1=C(C)CC2CC3Cc4c(/C=C(\C)C5=CCCCC5)ccc(O)c4C(=O)C3=C(C)C2C1=O. The molecule has 0 aliphatic heterocycles. The van der Waals surface area contributed by atoms with Crippen LogP contribution in [0.2, 0.25) is 0 Å². The standard InChI is InChI=1S/C31H34O4/c1-16(20-8-6-5-7-9-20)12-21-10-11-25(33)29-24(21)15-23-14-22-13-17(2)26(19(4)32)30(34)27(22)18(3)28(23)31(29)35/h8,10-12,22-23,27,33H,5-7,9,13-15H2,1-4H3/b16-12+. The highest BCUT2D eigenvalue weighted by Gasteiger charge is 2.47. The molecule has 0 saturated heterocycles. The molecule has 1 N–H and O–H groups in total. The predicted molar refractivity (Wildman–Crippen MR) is 137 cm³/mol. The van der Waals surface area contributed by atoms with E-state index in [-0.39, 0.29) is 34.9 Å². The van der Waals surface area contributed by atoms with Gasteiger partial charge < -0.3 is 5.11 Å². The molecule has 35 heavy (non-hydrogen) atoms. The molecule has 5 rings (SSSR count). The van der Waals surface area contributed by atoms with E-state index >= 15 is 0 Å². The third-order valence-electron chi connectivity index (χ3n) is 8.65. The van der Waals surface area contributed by atoms with Gasteiger partial charge in [0, 0.05) is 11.5 Å². The van der Waals surface area contributed by atoms with Gasteiger partial charge in [-0.15, -0.1) is 0 Å². The molecule has 4 nitrogen and oxygen atoms in total. The van der Waals surface area contributed by atoms with Crippen molar-refractivity contribution in [3.05, 3.63) is 68.3 Å². The third-order valence-corrected chi connectivity index (χ3v) is 8.65. The van der Waals surface area contributed by atoms with E-state index < -0.39 is 5.92 Å². The molecule has 0 saturated carbocycles. The van der Waals surface area contributed by atoms with E-state index in [9.17, 15) is 19.5 Å². The molecule has 1 aromatic rings. The number of hydrogen-bond donors (Lipinski definition) is 1. The number of hydrogen-bond acceptors (Lipinski definition) is 4. The molecule has 4 aliphatic carbocycles. The van der Waals surface area contributed by atoms with Crippen LogP contribution >= 0.6 is 0 Å². The Balaban J connectivity index is 1.58. The number of carbonyl (C=O) groups excluding carboxylic acids is 3. The number of Topliss-reactive ketones (excluding diaryl/α,β-unsaturated/α-hetero) is 3. The van der Waals surface area contributed by atoms with Crippen LogP contribution in [-0.4, -0.2) is 22.5 Å². The van der Waals surface area contributed by atoms with Crippen molar-refractivity contribution >= 4 is 23.4 Å². The van der Waals surface area contributed by atoms with Gasteiger partial charge in [0.25, 0.3) is 0 Å². The highest BCUT2D eigenvalue weighted by atomic mass is 16.3. The van der Waals surface area contributed by atoms with Gasteiger partial charge in [-0.2, -0.15) is 0 Å². The average Bonchev–Trinajstić information content (AvgIpc) is 2.80. The second kappa shape index (κ2) is 8.89. The lowest BCUT2D eigenvalue weighted by Gasteiger charge is -2.43. The van der Waals surface area contributed by atoms with E-state index in [2.05, 4.69) is 19.1 Å². The fourth-order valence-electron chi connectivity index (χ4n) is 7.12. The Morgan fingerprint density at radius 3 is 2.54 bits per heavy atom. The Labute approximate surface area is 207 Å². The zero-order valence-corrected chi connectivity index (χ0v) is 21.2. The lowest BCUT2D eigenvalue weighted by Crippen LogP contribution is -2.41. The molecule has 0 fully saturated rings. The second-order valence-electron chi connectivity index (χ2n) is 10.9. The molecule has 0 bridgehead atoms. The van der Waals surface area contributed by atoms with E-state index in [4.69, 9.17) is 0 Å². The van der Waals surface area contributed by atoms with Gasteiger partial charge in [0.1, 0.15) is 5.75 Å². The lowest BCUT2D eigenvalue weighted by atomic mass is 9.59. The molecule has 0 spiro atoms. The maximum atomic E-state index is 13.8. The lowest BCUT2D eigenvalue weighted by molar-refractivity contribution is -0.124. The number of phenolic OH excluding ortho intramolecular Hbond substituents is 1. The van der Waals surface area contributed by atoms with Crippen molar-refractivity contribution < 1.29 is 19.5 Å². The molecular formula is C31H34O4. The van der Waals surface area contributed by atoms with Crippen molar-refractivity contribution in [2.45, 2.75) is 72.6 Å². The fourth-order valence-corrected chi connectivity index (χ4v) is 7.12. The Hall–Kier alpha value is -3.01. The monoisotopic (exact) mass is 470 g/mol. The summed E-state index contributed by atoms with van der Waals surface area (Å²) in [5, 5.41) is 10.8. The van der Waals surface area contributed by atoms with Gasteiger partial charge in [0.15, 0.2) is 17.3 Å². The molecule has 3 atom stereocenters. The number of benzene rings is 1. The van der Waals surface area contributed by atoms with E-state index in [0.717, 1.165) is 41.5 Å². The third kappa shape index (κ3) is 3.87. The van der Waals surface area contributed by atoms with Crippen LogP contribution in [0.15, 0.2) is 51.6 Å². The van der Waals surface area contributed by atoms with Crippen LogP contribution in [0.4, 0.5) is 0 Å². The van der Waals surface area contributed by atoms with E-state index in [1.165, 1.54) is 30.9 Å². The number of fused-ring (bicyclic) bond motifs is 3. The minimum absolute atomic E-state index is 0.00712. The molecule has 4 heteroatoms. The van der Waals surface area contributed by atoms with Crippen molar-refractivity contribution in [3.8, 4) is 5.75 Å². The summed E-state index contributed by atoms with van der Waals surface area (Å²) in [6, 6.07) is 3.55. The van der Waals surface area contributed by atoms with E-state index in [1.54, 1.807) is 6.07 Å². The summed E-state index contributed by atoms with van der Waals surface area (Å²) in [7, 11) is 0. The summed E-state index contributed by atoms with van der Waals surface area (Å²) in [5.41, 5.74) is 7.57. The number of allylic oxidation sites excluding steroid dienone is 7. The number of aromatic hydroxyl groups is 1. The summed E-state index contributed by atoms with van der Waals surface area (Å²) >= 11 is 0. The van der Waals surface area contributed by atoms with Crippen LogP contribution in [0.1, 0.15) is 87.7 Å². The van der Waals surface area contributed by atoms with E-state index in [0.29, 0.717) is 29.6 Å². The van der Waals surface area contributed by atoms with Gasteiger partial charge >= 0.3 is 0 Å². The van der Waals surface area contributed by atoms with Gasteiger partial charge in [0.05, 0.1) is 11.1 Å². The molecule has 4 aliphatic rings. The zero-order valence-electron chi connectivity index (χ0n) is 21.2. The van der Waals surface area contributed by atoms with E-state index in [1.807, 2.05) is 19.9 Å². The summed E-state index contributed by atoms with van der Waals surface area (Å²) < 4.78 is 0. The minimum Gasteiger partial charge on any atom is -0.507 e. The first kappa shape index (κ1) is 23.7. The largest absolute Gasteiger partial charge is 0.507 e. The summed E-state index contributed by atoms with van der Waals surface area (Å²) in [6.07, 6.45) is 11.3. The number of phenols is 1. The van der Waals surface area contributed by atoms with Gasteiger partial charge in [-0.1, -0.05) is 29.4 Å². The minimum atomic E-state index is -0.417. The van der Waals surface area contributed by atoms with Crippen LogP contribution in [0, 0.1) is 17.8 Å². The second-order valence-corrected chi connectivity index (χ2v) is 10.9. The molecule has 3 unspecified atom stereocenters. The quantitative estimate of drug-likeness (QED) is 0.513. The van der Waals surface area contributed by atoms with Crippen molar-refractivity contribution in [2.75, 3.05) is 0 Å². The van der Waals surface area contributed by atoms with Crippen LogP contribution < -0.4 is 0 Å². The molecule has 0 radical (unpaired) electrons. The average molecular weight is 471 g/mol.